The molecule has 0 aromatic carbocycles. The summed E-state index contributed by atoms with van der Waals surface area (Å²) in [6.45, 7) is 5.46. The molecule has 2 nitrogen and oxygen atoms in total. The lowest BCUT2D eigenvalue weighted by Gasteiger charge is -2.31. The van der Waals surface area contributed by atoms with Crippen molar-refractivity contribution in [3.05, 3.63) is 29.6 Å². The first-order valence-corrected chi connectivity index (χ1v) is 7.51. The molecule has 2 rings (SSSR count). The minimum atomic E-state index is 0.704. The third kappa shape index (κ3) is 3.32. The smallest absolute Gasteiger partial charge is 0.0573 e. The zero-order valence-corrected chi connectivity index (χ0v) is 11.8. The Labute approximate surface area is 111 Å². The summed E-state index contributed by atoms with van der Waals surface area (Å²) < 4.78 is 0. The Hall–Kier alpha value is -0.890. The Morgan fingerprint density at radius 2 is 2.11 bits per heavy atom. The Bertz CT molecular complexity index is 362. The molecule has 0 saturated heterocycles. The molecule has 1 aliphatic rings. The highest BCUT2D eigenvalue weighted by Crippen LogP contribution is 2.27. The van der Waals surface area contributed by atoms with E-state index in [1.54, 1.807) is 0 Å². The zero-order valence-electron chi connectivity index (χ0n) is 11.8. The third-order valence-electron chi connectivity index (χ3n) is 4.33. The first-order valence-electron chi connectivity index (χ1n) is 7.51. The fraction of sp³-hybridized carbons (Fsp3) is 0.688. The molecule has 1 N–H and O–H groups in total. The van der Waals surface area contributed by atoms with Gasteiger partial charge in [-0.3, -0.25) is 4.98 Å². The molecule has 18 heavy (non-hydrogen) atoms. The molecule has 0 bridgehead atoms. The molecular weight excluding hydrogens is 220 g/mol. The van der Waals surface area contributed by atoms with Gasteiger partial charge in [-0.15, -0.1) is 0 Å². The van der Waals surface area contributed by atoms with E-state index in [1.165, 1.54) is 43.4 Å². The number of pyridine rings is 1. The van der Waals surface area contributed by atoms with Crippen LogP contribution in [0.15, 0.2) is 18.3 Å². The van der Waals surface area contributed by atoms with Crippen LogP contribution >= 0.6 is 0 Å². The van der Waals surface area contributed by atoms with Gasteiger partial charge in [0.25, 0.3) is 0 Å². The van der Waals surface area contributed by atoms with Crippen LogP contribution in [0.5, 0.6) is 0 Å². The first kappa shape index (κ1) is 13.5. The summed E-state index contributed by atoms with van der Waals surface area (Å²) in [5, 5.41) is 3.75. The molecule has 1 aromatic rings. The largest absolute Gasteiger partial charge is 0.308 e. The molecule has 2 atom stereocenters. The van der Waals surface area contributed by atoms with Gasteiger partial charge in [-0.1, -0.05) is 39.2 Å². The first-order chi connectivity index (χ1) is 8.85. The molecule has 0 aliphatic heterocycles. The topological polar surface area (TPSA) is 24.9 Å². The van der Waals surface area contributed by atoms with Crippen molar-refractivity contribution in [3.8, 4) is 0 Å². The third-order valence-corrected chi connectivity index (χ3v) is 4.33. The zero-order chi connectivity index (χ0) is 12.8. The van der Waals surface area contributed by atoms with Crippen LogP contribution < -0.4 is 5.32 Å². The molecular formula is C16H26N2. The highest BCUT2D eigenvalue weighted by molar-refractivity contribution is 5.19. The van der Waals surface area contributed by atoms with Crippen molar-refractivity contribution in [1.29, 1.82) is 0 Å². The lowest BCUT2D eigenvalue weighted by Crippen LogP contribution is -2.38. The Morgan fingerprint density at radius 3 is 2.89 bits per heavy atom. The van der Waals surface area contributed by atoms with E-state index in [9.17, 15) is 0 Å². The molecule has 1 saturated carbocycles. The summed E-state index contributed by atoms with van der Waals surface area (Å²) in [7, 11) is 0. The summed E-state index contributed by atoms with van der Waals surface area (Å²) >= 11 is 0. The van der Waals surface area contributed by atoms with E-state index in [1.807, 2.05) is 12.3 Å². The van der Waals surface area contributed by atoms with E-state index in [4.69, 9.17) is 0 Å². The second kappa shape index (κ2) is 6.89. The molecule has 0 radical (unpaired) electrons. The highest BCUT2D eigenvalue weighted by Gasteiger charge is 2.23. The monoisotopic (exact) mass is 246 g/mol. The highest BCUT2D eigenvalue weighted by atomic mass is 14.9. The molecule has 0 spiro atoms. The predicted octanol–water partition coefficient (Wildman–Crippen LogP) is 3.70. The van der Waals surface area contributed by atoms with Gasteiger partial charge in [-0.05, 0) is 36.8 Å². The number of aryl methyl sites for hydroxylation is 1. The van der Waals surface area contributed by atoms with E-state index in [-0.39, 0.29) is 0 Å². The SMILES string of the molecule is CCc1cccnc1CNC1CCCCC1CC. The van der Waals surface area contributed by atoms with Crippen molar-refractivity contribution in [2.24, 2.45) is 5.92 Å². The van der Waals surface area contributed by atoms with Gasteiger partial charge in [0.1, 0.15) is 0 Å². The van der Waals surface area contributed by atoms with Crippen LogP contribution in [0.4, 0.5) is 0 Å². The number of hydrogen-bond donors (Lipinski definition) is 1. The van der Waals surface area contributed by atoms with Crippen molar-refractivity contribution in [2.45, 2.75) is 65.0 Å². The minimum absolute atomic E-state index is 0.704. The van der Waals surface area contributed by atoms with E-state index < -0.39 is 0 Å². The Morgan fingerprint density at radius 1 is 1.28 bits per heavy atom. The number of hydrogen-bond acceptors (Lipinski definition) is 2. The standard InChI is InChI=1S/C16H26N2/c1-3-13-8-5-6-10-15(13)18-12-16-14(4-2)9-7-11-17-16/h7,9,11,13,15,18H,3-6,8,10,12H2,1-2H3. The van der Waals surface area contributed by atoms with Crippen LogP contribution in [-0.4, -0.2) is 11.0 Å². The van der Waals surface area contributed by atoms with E-state index >= 15 is 0 Å². The molecule has 2 heteroatoms. The van der Waals surface area contributed by atoms with E-state index in [0.717, 1.165) is 18.9 Å². The molecule has 1 heterocycles. The quantitative estimate of drug-likeness (QED) is 0.857. The fourth-order valence-corrected chi connectivity index (χ4v) is 3.15. The van der Waals surface area contributed by atoms with Gasteiger partial charge in [0, 0.05) is 18.8 Å². The average Bonchev–Trinajstić information content (AvgIpc) is 2.45. The summed E-state index contributed by atoms with van der Waals surface area (Å²) in [5.41, 5.74) is 2.62. The van der Waals surface area contributed by atoms with Crippen LogP contribution in [-0.2, 0) is 13.0 Å². The fourth-order valence-electron chi connectivity index (χ4n) is 3.15. The van der Waals surface area contributed by atoms with Crippen LogP contribution in [0.3, 0.4) is 0 Å². The van der Waals surface area contributed by atoms with Crippen molar-refractivity contribution in [2.75, 3.05) is 0 Å². The normalized spacial score (nSPS) is 24.1. The molecule has 1 aliphatic carbocycles. The Kier molecular flexibility index (Phi) is 5.18. The van der Waals surface area contributed by atoms with E-state index in [2.05, 4.69) is 30.2 Å². The second-order valence-corrected chi connectivity index (χ2v) is 5.40. The number of nitrogens with zero attached hydrogens (tertiary/aromatic N) is 1. The summed E-state index contributed by atoms with van der Waals surface area (Å²) in [5.74, 6) is 0.868. The number of rotatable bonds is 5. The van der Waals surface area contributed by atoms with Crippen molar-refractivity contribution >= 4 is 0 Å². The van der Waals surface area contributed by atoms with Gasteiger partial charge < -0.3 is 5.32 Å². The van der Waals surface area contributed by atoms with Crippen molar-refractivity contribution in [3.63, 3.8) is 0 Å². The maximum Gasteiger partial charge on any atom is 0.0573 e. The van der Waals surface area contributed by atoms with Crippen molar-refractivity contribution < 1.29 is 0 Å². The van der Waals surface area contributed by atoms with Gasteiger partial charge in [0.05, 0.1) is 5.69 Å². The van der Waals surface area contributed by atoms with E-state index in [0.29, 0.717) is 6.04 Å². The summed E-state index contributed by atoms with van der Waals surface area (Å²) in [6.07, 6.45) is 9.84. The minimum Gasteiger partial charge on any atom is -0.308 e. The van der Waals surface area contributed by atoms with Gasteiger partial charge in [0.15, 0.2) is 0 Å². The van der Waals surface area contributed by atoms with Crippen LogP contribution in [0.1, 0.15) is 57.2 Å². The number of nitrogens with one attached hydrogen (secondary N) is 1. The van der Waals surface area contributed by atoms with Gasteiger partial charge >= 0.3 is 0 Å². The average molecular weight is 246 g/mol. The summed E-state index contributed by atoms with van der Waals surface area (Å²) in [4.78, 5) is 4.52. The van der Waals surface area contributed by atoms with Gasteiger partial charge in [-0.25, -0.2) is 0 Å². The second-order valence-electron chi connectivity index (χ2n) is 5.40. The molecule has 1 fully saturated rings. The molecule has 2 unspecified atom stereocenters. The van der Waals surface area contributed by atoms with Crippen LogP contribution in [0.25, 0.3) is 0 Å². The molecule has 1 aromatic heterocycles. The van der Waals surface area contributed by atoms with Gasteiger partial charge in [-0.2, -0.15) is 0 Å². The van der Waals surface area contributed by atoms with Gasteiger partial charge in [0.2, 0.25) is 0 Å². The maximum atomic E-state index is 4.52. The predicted molar refractivity (Wildman–Crippen MR) is 76.5 cm³/mol. The lowest BCUT2D eigenvalue weighted by molar-refractivity contribution is 0.253. The molecule has 0 amide bonds. The molecule has 100 valence electrons. The summed E-state index contributed by atoms with van der Waals surface area (Å²) in [6, 6.07) is 4.94. The van der Waals surface area contributed by atoms with Crippen molar-refractivity contribution in [1.82, 2.24) is 10.3 Å². The van der Waals surface area contributed by atoms with Crippen LogP contribution in [0, 0.1) is 5.92 Å². The van der Waals surface area contributed by atoms with Crippen LogP contribution in [0.2, 0.25) is 0 Å². The Balaban J connectivity index is 1.93. The maximum absolute atomic E-state index is 4.52. The number of aromatic nitrogens is 1. The lowest BCUT2D eigenvalue weighted by atomic mass is 9.83.